The molecular formula is C18H26N2O9. The highest BCUT2D eigenvalue weighted by Crippen LogP contribution is 2.27. The van der Waals surface area contributed by atoms with Crippen molar-refractivity contribution in [2.24, 2.45) is 0 Å². The zero-order valence-electron chi connectivity index (χ0n) is 16.0. The number of unbranched alkanes of at least 4 members (excludes halogenated alkanes) is 1. The Hall–Kier alpha value is -2.31. The molecule has 11 heteroatoms. The number of benzene rings is 1. The van der Waals surface area contributed by atoms with E-state index in [1.165, 1.54) is 24.3 Å². The van der Waals surface area contributed by atoms with Crippen LogP contribution in [0.1, 0.15) is 19.8 Å². The molecule has 1 heterocycles. The maximum Gasteiger partial charge on any atom is 0.269 e. The van der Waals surface area contributed by atoms with Crippen LogP contribution in [0.25, 0.3) is 0 Å². The SMILES string of the molecule is CCCCNC(=O)CO[C@H]1[C@@H](O)[C@@H](CO)O[C@@H](O)[C@@H]1Oc1ccc([N+](=O)[O-])cc1. The van der Waals surface area contributed by atoms with Crippen molar-refractivity contribution >= 4 is 11.6 Å². The van der Waals surface area contributed by atoms with Crippen LogP contribution in [0.15, 0.2) is 24.3 Å². The maximum atomic E-state index is 11.9. The Bertz CT molecular complexity index is 670. The molecule has 0 saturated carbocycles. The standard InChI is InChI=1S/C18H26N2O9/c1-2-3-8-19-14(22)10-27-16-15(23)13(9-21)29-18(24)17(16)28-12-6-4-11(5-7-12)20(25)26/h4-7,13,15-18,21,23-24H,2-3,8-10H2,1H3,(H,19,22)/t13-,15+,16+,17-,18-/m1/s1. The second kappa shape index (κ2) is 11.0. The average molecular weight is 414 g/mol. The molecule has 1 aliphatic rings. The summed E-state index contributed by atoms with van der Waals surface area (Å²) < 4.78 is 16.3. The lowest BCUT2D eigenvalue weighted by Gasteiger charge is -2.41. The number of aliphatic hydroxyl groups is 3. The van der Waals surface area contributed by atoms with E-state index >= 15 is 0 Å². The van der Waals surface area contributed by atoms with Gasteiger partial charge in [-0.1, -0.05) is 13.3 Å². The molecule has 1 amide bonds. The summed E-state index contributed by atoms with van der Waals surface area (Å²) in [4.78, 5) is 22.1. The summed E-state index contributed by atoms with van der Waals surface area (Å²) in [6.45, 7) is 1.50. The summed E-state index contributed by atoms with van der Waals surface area (Å²) in [7, 11) is 0. The molecule has 5 atom stereocenters. The highest BCUT2D eigenvalue weighted by molar-refractivity contribution is 5.77. The first kappa shape index (κ1) is 23.0. The Morgan fingerprint density at radius 2 is 1.97 bits per heavy atom. The summed E-state index contributed by atoms with van der Waals surface area (Å²) in [5, 5.41) is 43.4. The molecule has 162 valence electrons. The first-order valence-corrected chi connectivity index (χ1v) is 9.29. The van der Waals surface area contributed by atoms with Gasteiger partial charge in [0.15, 0.2) is 12.4 Å². The van der Waals surface area contributed by atoms with Gasteiger partial charge in [0.05, 0.1) is 11.5 Å². The minimum atomic E-state index is -1.57. The Balaban J connectivity index is 2.08. The molecule has 1 fully saturated rings. The number of non-ortho nitro benzene ring substituents is 1. The number of carbonyl (C=O) groups is 1. The number of rotatable bonds is 10. The van der Waals surface area contributed by atoms with Crippen LogP contribution in [-0.4, -0.2) is 76.6 Å². The highest BCUT2D eigenvalue weighted by Gasteiger charge is 2.47. The van der Waals surface area contributed by atoms with E-state index < -0.39 is 54.8 Å². The van der Waals surface area contributed by atoms with Gasteiger partial charge >= 0.3 is 0 Å². The summed E-state index contributed by atoms with van der Waals surface area (Å²) >= 11 is 0. The van der Waals surface area contributed by atoms with E-state index in [1.54, 1.807) is 0 Å². The highest BCUT2D eigenvalue weighted by atomic mass is 16.7. The van der Waals surface area contributed by atoms with Crippen molar-refractivity contribution in [2.75, 3.05) is 19.8 Å². The van der Waals surface area contributed by atoms with Gasteiger partial charge in [0.2, 0.25) is 5.91 Å². The molecule has 1 aromatic carbocycles. The van der Waals surface area contributed by atoms with Crippen molar-refractivity contribution in [3.8, 4) is 5.75 Å². The van der Waals surface area contributed by atoms with Gasteiger partial charge in [0, 0.05) is 18.7 Å². The molecule has 1 saturated heterocycles. The number of ether oxygens (including phenoxy) is 3. The summed E-state index contributed by atoms with van der Waals surface area (Å²) in [5.74, 6) is -0.236. The van der Waals surface area contributed by atoms with Crippen molar-refractivity contribution in [1.82, 2.24) is 5.32 Å². The lowest BCUT2D eigenvalue weighted by molar-refractivity contribution is -0.384. The van der Waals surface area contributed by atoms with E-state index in [4.69, 9.17) is 14.2 Å². The zero-order valence-corrected chi connectivity index (χ0v) is 16.0. The third kappa shape index (κ3) is 6.34. The lowest BCUT2D eigenvalue weighted by Crippen LogP contribution is -2.61. The number of carbonyl (C=O) groups excluding carboxylic acids is 1. The van der Waals surface area contributed by atoms with Crippen LogP contribution in [0.3, 0.4) is 0 Å². The molecule has 0 bridgehead atoms. The van der Waals surface area contributed by atoms with Crippen molar-refractivity contribution in [2.45, 2.75) is 50.5 Å². The fourth-order valence-corrected chi connectivity index (χ4v) is 2.81. The Labute approximate surface area is 167 Å². The quantitative estimate of drug-likeness (QED) is 0.229. The van der Waals surface area contributed by atoms with Crippen LogP contribution in [0, 0.1) is 10.1 Å². The van der Waals surface area contributed by atoms with E-state index in [2.05, 4.69) is 5.32 Å². The fraction of sp³-hybridized carbons (Fsp3) is 0.611. The third-order valence-corrected chi connectivity index (χ3v) is 4.40. The molecular weight excluding hydrogens is 388 g/mol. The van der Waals surface area contributed by atoms with Gasteiger partial charge in [-0.25, -0.2) is 0 Å². The van der Waals surface area contributed by atoms with Crippen LogP contribution >= 0.6 is 0 Å². The van der Waals surface area contributed by atoms with Gasteiger partial charge in [-0.05, 0) is 18.6 Å². The van der Waals surface area contributed by atoms with Crippen molar-refractivity contribution < 1.29 is 39.2 Å². The van der Waals surface area contributed by atoms with Crippen LogP contribution in [0.4, 0.5) is 5.69 Å². The molecule has 2 rings (SSSR count). The fourth-order valence-electron chi connectivity index (χ4n) is 2.81. The number of nitrogens with zero attached hydrogens (tertiary/aromatic N) is 1. The molecule has 1 aliphatic heterocycles. The summed E-state index contributed by atoms with van der Waals surface area (Å²) in [5.41, 5.74) is -0.144. The number of aliphatic hydroxyl groups excluding tert-OH is 3. The molecule has 11 nitrogen and oxygen atoms in total. The predicted octanol–water partition coefficient (Wildman–Crippen LogP) is -0.286. The summed E-state index contributed by atoms with van der Waals surface area (Å²) in [6.07, 6.45) is -4.79. The first-order valence-electron chi connectivity index (χ1n) is 9.29. The van der Waals surface area contributed by atoms with Crippen molar-refractivity contribution in [1.29, 1.82) is 0 Å². The zero-order chi connectivity index (χ0) is 21.4. The monoisotopic (exact) mass is 414 g/mol. The number of amides is 1. The van der Waals surface area contributed by atoms with Crippen LogP contribution in [0.2, 0.25) is 0 Å². The van der Waals surface area contributed by atoms with Crippen molar-refractivity contribution in [3.05, 3.63) is 34.4 Å². The number of nitro benzene ring substituents is 1. The number of nitro groups is 1. The predicted molar refractivity (Wildman–Crippen MR) is 99.1 cm³/mol. The number of nitrogens with one attached hydrogen (secondary N) is 1. The second-order valence-electron chi connectivity index (χ2n) is 6.55. The molecule has 0 aromatic heterocycles. The van der Waals surface area contributed by atoms with E-state index in [0.717, 1.165) is 12.8 Å². The Kier molecular flexibility index (Phi) is 8.73. The number of hydrogen-bond donors (Lipinski definition) is 4. The molecule has 4 N–H and O–H groups in total. The lowest BCUT2D eigenvalue weighted by atomic mass is 9.98. The van der Waals surface area contributed by atoms with E-state index in [9.17, 15) is 30.2 Å². The van der Waals surface area contributed by atoms with Gasteiger partial charge in [-0.15, -0.1) is 0 Å². The summed E-state index contributed by atoms with van der Waals surface area (Å²) in [6, 6.07) is 5.08. The van der Waals surface area contributed by atoms with Crippen LogP contribution in [-0.2, 0) is 14.3 Å². The van der Waals surface area contributed by atoms with Crippen LogP contribution < -0.4 is 10.1 Å². The van der Waals surface area contributed by atoms with Gasteiger partial charge in [0.1, 0.15) is 30.7 Å². The van der Waals surface area contributed by atoms with Gasteiger partial charge < -0.3 is 34.8 Å². The maximum absolute atomic E-state index is 11.9. The van der Waals surface area contributed by atoms with E-state index in [-0.39, 0.29) is 11.4 Å². The molecule has 0 aliphatic carbocycles. The van der Waals surface area contributed by atoms with Crippen molar-refractivity contribution in [3.63, 3.8) is 0 Å². The smallest absolute Gasteiger partial charge is 0.269 e. The molecule has 0 spiro atoms. The topological polar surface area (TPSA) is 161 Å². The normalized spacial score (nSPS) is 26.7. The van der Waals surface area contributed by atoms with Gasteiger partial charge in [0.25, 0.3) is 5.69 Å². The minimum absolute atomic E-state index is 0.144. The second-order valence-corrected chi connectivity index (χ2v) is 6.55. The minimum Gasteiger partial charge on any atom is -0.482 e. The molecule has 0 unspecified atom stereocenters. The number of hydrogen-bond acceptors (Lipinski definition) is 9. The third-order valence-electron chi connectivity index (χ3n) is 4.40. The molecule has 0 radical (unpaired) electrons. The Morgan fingerprint density at radius 3 is 2.55 bits per heavy atom. The average Bonchev–Trinajstić information content (AvgIpc) is 2.70. The first-order chi connectivity index (χ1) is 13.9. The van der Waals surface area contributed by atoms with Crippen LogP contribution in [0.5, 0.6) is 5.75 Å². The van der Waals surface area contributed by atoms with E-state index in [0.29, 0.717) is 6.54 Å². The van der Waals surface area contributed by atoms with Gasteiger partial charge in [-0.2, -0.15) is 0 Å². The largest absolute Gasteiger partial charge is 0.482 e. The van der Waals surface area contributed by atoms with E-state index in [1.807, 2.05) is 6.92 Å². The Morgan fingerprint density at radius 1 is 1.28 bits per heavy atom. The van der Waals surface area contributed by atoms with Gasteiger partial charge in [-0.3, -0.25) is 14.9 Å². The molecule has 29 heavy (non-hydrogen) atoms. The molecule has 1 aromatic rings.